The van der Waals surface area contributed by atoms with Gasteiger partial charge in [-0.25, -0.2) is 4.79 Å². The molecule has 7 nitrogen and oxygen atoms in total. The molecule has 0 unspecified atom stereocenters. The third kappa shape index (κ3) is 4.71. The molecule has 0 aliphatic carbocycles. The molecule has 0 bridgehead atoms. The minimum Gasteiger partial charge on any atom is -0.478 e. The highest BCUT2D eigenvalue weighted by molar-refractivity contribution is 5.87. The molecule has 7 heteroatoms. The Morgan fingerprint density at radius 1 is 1.32 bits per heavy atom. The Balaban J connectivity index is 1.69. The molecule has 0 fully saturated rings. The van der Waals surface area contributed by atoms with Crippen LogP contribution in [0.1, 0.15) is 27.4 Å². The summed E-state index contributed by atoms with van der Waals surface area (Å²) in [6.45, 7) is 2.20. The maximum Gasteiger partial charge on any atom is 0.335 e. The molecule has 0 atom stereocenters. The van der Waals surface area contributed by atoms with Crippen LogP contribution in [0.2, 0.25) is 0 Å². The fourth-order valence-electron chi connectivity index (χ4n) is 1.75. The maximum absolute atomic E-state index is 11.6. The first-order chi connectivity index (χ1) is 10.5. The second kappa shape index (κ2) is 7.37. The summed E-state index contributed by atoms with van der Waals surface area (Å²) < 4.78 is 10.2. The van der Waals surface area contributed by atoms with Crippen molar-refractivity contribution in [3.63, 3.8) is 0 Å². The number of nitrogens with zero attached hydrogens (tertiary/aromatic N) is 1. The third-order valence-electron chi connectivity index (χ3n) is 2.84. The maximum atomic E-state index is 11.6. The number of hydrogen-bond donors (Lipinski definition) is 2. The van der Waals surface area contributed by atoms with Crippen LogP contribution >= 0.6 is 0 Å². The smallest absolute Gasteiger partial charge is 0.335 e. The molecule has 1 aromatic carbocycles. The second-order valence-electron chi connectivity index (χ2n) is 4.71. The Hall–Kier alpha value is -2.67. The lowest BCUT2D eigenvalue weighted by atomic mass is 10.1. The van der Waals surface area contributed by atoms with E-state index in [0.29, 0.717) is 12.3 Å². The molecule has 2 aromatic rings. The van der Waals surface area contributed by atoms with E-state index in [4.69, 9.17) is 14.4 Å². The van der Waals surface area contributed by atoms with E-state index in [1.165, 1.54) is 12.1 Å². The summed E-state index contributed by atoms with van der Waals surface area (Å²) in [6.07, 6.45) is 0. The number of carboxylic acids is 1. The van der Waals surface area contributed by atoms with Gasteiger partial charge in [0, 0.05) is 12.6 Å². The Morgan fingerprint density at radius 2 is 2.05 bits per heavy atom. The number of carbonyl (C=O) groups excluding carboxylic acids is 1. The molecule has 0 aliphatic heterocycles. The summed E-state index contributed by atoms with van der Waals surface area (Å²) in [4.78, 5) is 22.3. The minimum atomic E-state index is -0.980. The normalized spacial score (nSPS) is 10.4. The number of carbonyl (C=O) groups is 2. The van der Waals surface area contributed by atoms with E-state index in [0.717, 1.165) is 11.3 Å². The van der Waals surface area contributed by atoms with Crippen LogP contribution in [0.4, 0.5) is 0 Å². The fraction of sp³-hybridized carbons (Fsp3) is 0.267. The molecule has 1 heterocycles. The largest absolute Gasteiger partial charge is 0.478 e. The predicted octanol–water partition coefficient (Wildman–Crippen LogP) is 1.51. The van der Waals surface area contributed by atoms with Crippen molar-refractivity contribution in [2.75, 3.05) is 6.61 Å². The average Bonchev–Trinajstić information content (AvgIpc) is 2.91. The lowest BCUT2D eigenvalue weighted by molar-refractivity contribution is -0.126. The van der Waals surface area contributed by atoms with Gasteiger partial charge in [-0.1, -0.05) is 17.3 Å². The van der Waals surface area contributed by atoms with Crippen molar-refractivity contribution in [3.05, 3.63) is 52.9 Å². The molecule has 22 heavy (non-hydrogen) atoms. The Bertz CT molecular complexity index is 648. The Kier molecular flexibility index (Phi) is 5.26. The van der Waals surface area contributed by atoms with Crippen molar-refractivity contribution >= 4 is 11.9 Å². The number of aryl methyl sites for hydroxylation is 1. The van der Waals surface area contributed by atoms with Crippen molar-refractivity contribution in [1.29, 1.82) is 0 Å². The fourth-order valence-corrected chi connectivity index (χ4v) is 1.75. The minimum absolute atomic E-state index is 0.0903. The topological polar surface area (TPSA) is 102 Å². The highest BCUT2D eigenvalue weighted by Crippen LogP contribution is 2.05. The highest BCUT2D eigenvalue weighted by Gasteiger charge is 2.06. The molecule has 0 saturated carbocycles. The number of carboxylic acid groups (broad SMARTS) is 1. The second-order valence-corrected chi connectivity index (χ2v) is 4.71. The first-order valence-corrected chi connectivity index (χ1v) is 6.63. The van der Waals surface area contributed by atoms with E-state index in [1.54, 1.807) is 25.1 Å². The van der Waals surface area contributed by atoms with Gasteiger partial charge in [0.15, 0.2) is 5.76 Å². The first kappa shape index (κ1) is 15.7. The monoisotopic (exact) mass is 304 g/mol. The zero-order valence-corrected chi connectivity index (χ0v) is 12.0. The van der Waals surface area contributed by atoms with Gasteiger partial charge >= 0.3 is 5.97 Å². The summed E-state index contributed by atoms with van der Waals surface area (Å²) in [5, 5.41) is 15.2. The number of amides is 1. The van der Waals surface area contributed by atoms with Gasteiger partial charge in [-0.05, 0) is 24.6 Å². The number of hydrogen-bond acceptors (Lipinski definition) is 5. The zero-order valence-electron chi connectivity index (χ0n) is 12.0. The van der Waals surface area contributed by atoms with Gasteiger partial charge in [-0.2, -0.15) is 0 Å². The SMILES string of the molecule is Cc1cc(COCC(=O)NCc2ccc(C(=O)O)cc2)on1. The van der Waals surface area contributed by atoms with Crippen LogP contribution < -0.4 is 5.32 Å². The molecule has 1 amide bonds. The molecule has 2 N–H and O–H groups in total. The van der Waals surface area contributed by atoms with E-state index in [-0.39, 0.29) is 24.7 Å². The lowest BCUT2D eigenvalue weighted by Crippen LogP contribution is -2.27. The molecule has 0 aliphatic rings. The van der Waals surface area contributed by atoms with Crippen LogP contribution in [-0.4, -0.2) is 28.7 Å². The van der Waals surface area contributed by atoms with Gasteiger partial charge < -0.3 is 19.7 Å². The van der Waals surface area contributed by atoms with Gasteiger partial charge in [-0.3, -0.25) is 4.79 Å². The van der Waals surface area contributed by atoms with Gasteiger partial charge in [0.1, 0.15) is 13.2 Å². The zero-order chi connectivity index (χ0) is 15.9. The van der Waals surface area contributed by atoms with Crippen LogP contribution in [0.15, 0.2) is 34.9 Å². The van der Waals surface area contributed by atoms with Crippen molar-refractivity contribution in [1.82, 2.24) is 10.5 Å². The van der Waals surface area contributed by atoms with Crippen molar-refractivity contribution in [2.45, 2.75) is 20.1 Å². The molecule has 0 saturated heterocycles. The molecule has 2 rings (SSSR count). The number of aromatic nitrogens is 1. The van der Waals surface area contributed by atoms with E-state index < -0.39 is 5.97 Å². The molecule has 0 spiro atoms. The number of nitrogens with one attached hydrogen (secondary N) is 1. The average molecular weight is 304 g/mol. The number of benzene rings is 1. The van der Waals surface area contributed by atoms with Crippen LogP contribution in [-0.2, 0) is 22.7 Å². The van der Waals surface area contributed by atoms with E-state index >= 15 is 0 Å². The van der Waals surface area contributed by atoms with Crippen molar-refractivity contribution in [3.8, 4) is 0 Å². The van der Waals surface area contributed by atoms with Gasteiger partial charge in [-0.15, -0.1) is 0 Å². The number of ether oxygens (including phenoxy) is 1. The summed E-state index contributed by atoms with van der Waals surface area (Å²) in [6, 6.07) is 8.03. The summed E-state index contributed by atoms with van der Waals surface area (Å²) in [5.41, 5.74) is 1.78. The third-order valence-corrected chi connectivity index (χ3v) is 2.84. The molecule has 0 radical (unpaired) electrons. The molecular weight excluding hydrogens is 288 g/mol. The summed E-state index contributed by atoms with van der Waals surface area (Å²) in [7, 11) is 0. The molecular formula is C15H16N2O5. The first-order valence-electron chi connectivity index (χ1n) is 6.63. The lowest BCUT2D eigenvalue weighted by Gasteiger charge is -2.06. The Labute approximate surface area is 126 Å². The van der Waals surface area contributed by atoms with Gasteiger partial charge in [0.05, 0.1) is 11.3 Å². The summed E-state index contributed by atoms with van der Waals surface area (Å²) >= 11 is 0. The van der Waals surface area contributed by atoms with Crippen LogP contribution in [0.25, 0.3) is 0 Å². The quantitative estimate of drug-likeness (QED) is 0.804. The van der Waals surface area contributed by atoms with Crippen molar-refractivity contribution < 1.29 is 24.0 Å². The van der Waals surface area contributed by atoms with Gasteiger partial charge in [0.25, 0.3) is 0 Å². The molecule has 1 aromatic heterocycles. The van der Waals surface area contributed by atoms with Crippen LogP contribution in [0.5, 0.6) is 0 Å². The van der Waals surface area contributed by atoms with Crippen LogP contribution in [0, 0.1) is 6.92 Å². The predicted molar refractivity (Wildman–Crippen MR) is 76.1 cm³/mol. The number of rotatable bonds is 7. The van der Waals surface area contributed by atoms with Crippen molar-refractivity contribution in [2.24, 2.45) is 0 Å². The van der Waals surface area contributed by atoms with E-state index in [9.17, 15) is 9.59 Å². The summed E-state index contributed by atoms with van der Waals surface area (Å²) in [5.74, 6) is -0.681. The van der Waals surface area contributed by atoms with E-state index in [1.807, 2.05) is 0 Å². The number of aromatic carboxylic acids is 1. The molecule has 116 valence electrons. The van der Waals surface area contributed by atoms with E-state index in [2.05, 4.69) is 10.5 Å². The van der Waals surface area contributed by atoms with Crippen LogP contribution in [0.3, 0.4) is 0 Å². The Morgan fingerprint density at radius 3 is 2.64 bits per heavy atom. The standard InChI is InChI=1S/C15H16N2O5/c1-10-6-13(22-17-10)8-21-9-14(18)16-7-11-2-4-12(5-3-11)15(19)20/h2-6H,7-9H2,1H3,(H,16,18)(H,19,20). The van der Waals surface area contributed by atoms with Gasteiger partial charge in [0.2, 0.25) is 5.91 Å². The highest BCUT2D eigenvalue weighted by atomic mass is 16.5.